The van der Waals surface area contributed by atoms with E-state index in [2.05, 4.69) is 43.5 Å². The Balaban J connectivity index is 1.48. The molecule has 1 saturated heterocycles. The van der Waals surface area contributed by atoms with Crippen LogP contribution in [0.15, 0.2) is 52.2 Å². The molecule has 0 amide bonds. The molecule has 9 nitrogen and oxygen atoms in total. The average Bonchev–Trinajstić information content (AvgIpc) is 2.81. The van der Waals surface area contributed by atoms with Crippen LogP contribution in [0.5, 0.6) is 0 Å². The molecule has 1 aliphatic rings. The number of nitrogens with zero attached hydrogens (tertiary/aromatic N) is 4. The second kappa shape index (κ2) is 9.09. The highest BCUT2D eigenvalue weighted by molar-refractivity contribution is 6.37. The zero-order valence-corrected chi connectivity index (χ0v) is 19.7. The summed E-state index contributed by atoms with van der Waals surface area (Å²) in [5.74, 6) is 0.255. The summed E-state index contributed by atoms with van der Waals surface area (Å²) in [6.45, 7) is 5.92. The van der Waals surface area contributed by atoms with Crippen molar-refractivity contribution in [2.45, 2.75) is 6.92 Å². The summed E-state index contributed by atoms with van der Waals surface area (Å²) in [5, 5.41) is 6.99. The molecular formula is C23H21Cl2N7O2. The van der Waals surface area contributed by atoms with Crippen molar-refractivity contribution in [1.82, 2.24) is 24.8 Å². The third-order valence-electron chi connectivity index (χ3n) is 5.72. The molecule has 5 rings (SSSR count). The molecule has 174 valence electrons. The number of para-hydroxylation sites is 1. The molecule has 0 radical (unpaired) electrons. The number of hydrogen-bond acceptors (Lipinski definition) is 7. The van der Waals surface area contributed by atoms with E-state index in [9.17, 15) is 9.59 Å². The lowest BCUT2D eigenvalue weighted by Gasteiger charge is -2.30. The van der Waals surface area contributed by atoms with Crippen molar-refractivity contribution < 1.29 is 0 Å². The molecule has 0 bridgehead atoms. The Morgan fingerprint density at radius 3 is 2.50 bits per heavy atom. The highest BCUT2D eigenvalue weighted by atomic mass is 35.5. The largest absolute Gasteiger partial charge is 0.369 e. The molecule has 4 aromatic rings. The summed E-state index contributed by atoms with van der Waals surface area (Å²) >= 11 is 12.4. The van der Waals surface area contributed by atoms with Crippen molar-refractivity contribution in [3.63, 3.8) is 0 Å². The molecule has 3 N–H and O–H groups in total. The van der Waals surface area contributed by atoms with Crippen molar-refractivity contribution in [2.75, 3.05) is 36.4 Å². The Morgan fingerprint density at radius 1 is 1.06 bits per heavy atom. The van der Waals surface area contributed by atoms with Gasteiger partial charge in [0, 0.05) is 43.8 Å². The summed E-state index contributed by atoms with van der Waals surface area (Å²) in [5.41, 5.74) is 2.02. The maximum Gasteiger partial charge on any atom is 0.334 e. The quantitative estimate of drug-likeness (QED) is 0.397. The molecule has 0 unspecified atom stereocenters. The van der Waals surface area contributed by atoms with Crippen LogP contribution in [-0.2, 0) is 0 Å². The van der Waals surface area contributed by atoms with E-state index in [-0.39, 0.29) is 32.7 Å². The summed E-state index contributed by atoms with van der Waals surface area (Å²) in [7, 11) is 0. The predicted molar refractivity (Wildman–Crippen MR) is 135 cm³/mol. The van der Waals surface area contributed by atoms with Crippen molar-refractivity contribution in [3.8, 4) is 5.69 Å². The SMILES string of the molecule is Cc1cc(Nc2ncc3c(=O)n(-c4c(Cl)cccc4Cl)c(=O)[nH]c3n2)ccc1N1CCNCC1. The lowest BCUT2D eigenvalue weighted by Crippen LogP contribution is -2.43. The molecule has 11 heteroatoms. The van der Waals surface area contributed by atoms with Crippen LogP contribution < -0.4 is 26.8 Å². The van der Waals surface area contributed by atoms with Gasteiger partial charge >= 0.3 is 5.69 Å². The minimum atomic E-state index is -0.701. The molecule has 2 aromatic heterocycles. The van der Waals surface area contributed by atoms with Gasteiger partial charge in [0.2, 0.25) is 5.95 Å². The first kappa shape index (κ1) is 22.4. The van der Waals surface area contributed by atoms with Crippen molar-refractivity contribution in [2.24, 2.45) is 0 Å². The molecule has 0 saturated carbocycles. The van der Waals surface area contributed by atoms with Crippen LogP contribution in [0.3, 0.4) is 0 Å². The number of aromatic nitrogens is 4. The summed E-state index contributed by atoms with van der Waals surface area (Å²) < 4.78 is 0.891. The van der Waals surface area contributed by atoms with Crippen LogP contribution in [0.25, 0.3) is 16.7 Å². The van der Waals surface area contributed by atoms with Gasteiger partial charge in [0.25, 0.3) is 5.56 Å². The molecule has 1 aliphatic heterocycles. The van der Waals surface area contributed by atoms with Crippen LogP contribution in [0, 0.1) is 6.92 Å². The lowest BCUT2D eigenvalue weighted by molar-refractivity contribution is 0.588. The summed E-state index contributed by atoms with van der Waals surface area (Å²) in [6, 6.07) is 10.8. The molecule has 0 atom stereocenters. The third-order valence-corrected chi connectivity index (χ3v) is 6.33. The summed E-state index contributed by atoms with van der Waals surface area (Å²) in [6.07, 6.45) is 1.37. The van der Waals surface area contributed by atoms with Gasteiger partial charge in [-0.3, -0.25) is 9.78 Å². The molecule has 3 heterocycles. The van der Waals surface area contributed by atoms with Crippen molar-refractivity contribution >= 4 is 51.6 Å². The number of anilines is 3. The first-order valence-corrected chi connectivity index (χ1v) is 11.5. The van der Waals surface area contributed by atoms with Gasteiger partial charge in [0.15, 0.2) is 5.65 Å². The van der Waals surface area contributed by atoms with Crippen LogP contribution in [-0.4, -0.2) is 45.7 Å². The highest BCUT2D eigenvalue weighted by Gasteiger charge is 2.17. The molecule has 2 aromatic carbocycles. The summed E-state index contributed by atoms with van der Waals surface area (Å²) in [4.78, 5) is 39.4. The minimum Gasteiger partial charge on any atom is -0.369 e. The fourth-order valence-corrected chi connectivity index (χ4v) is 4.66. The Hall–Kier alpha value is -3.40. The van der Waals surface area contributed by atoms with Gasteiger partial charge in [0.05, 0.1) is 15.7 Å². The third kappa shape index (κ3) is 4.13. The van der Waals surface area contributed by atoms with E-state index in [0.29, 0.717) is 0 Å². The fourth-order valence-electron chi connectivity index (χ4n) is 4.09. The molecule has 34 heavy (non-hydrogen) atoms. The number of nitrogens with one attached hydrogen (secondary N) is 3. The van der Waals surface area contributed by atoms with Crippen LogP contribution in [0.1, 0.15) is 5.56 Å². The van der Waals surface area contributed by atoms with E-state index < -0.39 is 11.2 Å². The van der Waals surface area contributed by atoms with Gasteiger partial charge in [-0.25, -0.2) is 14.3 Å². The second-order valence-corrected chi connectivity index (χ2v) is 8.77. The van der Waals surface area contributed by atoms with Gasteiger partial charge in [-0.15, -0.1) is 0 Å². The standard InChI is InChI=1S/C23H21Cl2N7O2/c1-13-11-14(5-6-18(13)31-9-7-26-8-10-31)28-22-27-12-15-20(29-22)30-23(34)32(21(15)33)19-16(24)3-2-4-17(19)25/h2-6,11-12,26H,7-10H2,1H3,(H2,27,28,29,30,34). The second-order valence-electron chi connectivity index (χ2n) is 7.96. The van der Waals surface area contributed by atoms with E-state index in [1.807, 2.05) is 12.1 Å². The Labute approximate surface area is 204 Å². The fraction of sp³-hybridized carbons (Fsp3) is 0.217. The van der Waals surface area contributed by atoms with E-state index in [1.54, 1.807) is 18.2 Å². The van der Waals surface area contributed by atoms with Crippen LogP contribution >= 0.6 is 23.2 Å². The monoisotopic (exact) mass is 497 g/mol. The first-order valence-electron chi connectivity index (χ1n) is 10.7. The van der Waals surface area contributed by atoms with Crippen molar-refractivity contribution in [1.29, 1.82) is 0 Å². The predicted octanol–water partition coefficient (Wildman–Crippen LogP) is 3.24. The van der Waals surface area contributed by atoms with Gasteiger partial charge in [-0.05, 0) is 42.8 Å². The molecule has 0 spiro atoms. The number of benzene rings is 2. The van der Waals surface area contributed by atoms with Crippen LogP contribution in [0.4, 0.5) is 17.3 Å². The zero-order valence-electron chi connectivity index (χ0n) is 18.2. The number of rotatable bonds is 4. The maximum absolute atomic E-state index is 13.1. The van der Waals surface area contributed by atoms with Gasteiger partial charge in [0.1, 0.15) is 5.39 Å². The number of aromatic amines is 1. The van der Waals surface area contributed by atoms with E-state index >= 15 is 0 Å². The van der Waals surface area contributed by atoms with Crippen LogP contribution in [0.2, 0.25) is 10.0 Å². The minimum absolute atomic E-state index is 0.112. The maximum atomic E-state index is 13.1. The number of fused-ring (bicyclic) bond motifs is 1. The number of halogens is 2. The number of H-pyrrole nitrogens is 1. The van der Waals surface area contributed by atoms with Gasteiger partial charge < -0.3 is 15.5 Å². The van der Waals surface area contributed by atoms with E-state index in [4.69, 9.17) is 23.2 Å². The molecular weight excluding hydrogens is 477 g/mol. The Bertz CT molecular complexity index is 1490. The molecule has 0 aliphatic carbocycles. The van der Waals surface area contributed by atoms with Gasteiger partial charge in [-0.1, -0.05) is 29.3 Å². The first-order chi connectivity index (χ1) is 16.4. The lowest BCUT2D eigenvalue weighted by atomic mass is 10.1. The zero-order chi connectivity index (χ0) is 23.8. The highest BCUT2D eigenvalue weighted by Crippen LogP contribution is 2.27. The van der Waals surface area contributed by atoms with E-state index in [0.717, 1.165) is 42.0 Å². The number of hydrogen-bond donors (Lipinski definition) is 3. The Kier molecular flexibility index (Phi) is 5.99. The normalized spacial score (nSPS) is 13.9. The smallest absolute Gasteiger partial charge is 0.334 e. The number of aryl methyl sites for hydroxylation is 1. The molecule has 1 fully saturated rings. The van der Waals surface area contributed by atoms with E-state index in [1.165, 1.54) is 11.9 Å². The average molecular weight is 498 g/mol. The van der Waals surface area contributed by atoms with Crippen molar-refractivity contribution in [3.05, 3.63) is 79.0 Å². The topological polar surface area (TPSA) is 108 Å². The number of piperazine rings is 1. The Morgan fingerprint density at radius 2 is 1.79 bits per heavy atom. The van der Waals surface area contributed by atoms with Gasteiger partial charge in [-0.2, -0.15) is 4.98 Å².